The highest BCUT2D eigenvalue weighted by molar-refractivity contribution is 5.04. The molecule has 2 nitrogen and oxygen atoms in total. The van der Waals surface area contributed by atoms with Crippen LogP contribution in [0.15, 0.2) is 0 Å². The number of rotatable bonds is 0. The van der Waals surface area contributed by atoms with Crippen molar-refractivity contribution in [2.45, 2.75) is 37.9 Å². The third-order valence-electron chi connectivity index (χ3n) is 3.12. The lowest BCUT2D eigenvalue weighted by atomic mass is 9.86. The molecule has 2 rings (SSSR count). The largest absolute Gasteiger partial charge is 0.372 e. The summed E-state index contributed by atoms with van der Waals surface area (Å²) >= 11 is 0. The first-order valence-electron chi connectivity index (χ1n) is 3.94. The third kappa shape index (κ3) is 0.611. The second-order valence-electron chi connectivity index (χ2n) is 3.66. The lowest BCUT2D eigenvalue weighted by Gasteiger charge is -2.30. The highest BCUT2D eigenvalue weighted by Crippen LogP contribution is 2.45. The molecule has 0 aromatic rings. The predicted octanol–water partition coefficient (Wildman–Crippen LogP) is 1.34. The van der Waals surface area contributed by atoms with E-state index in [0.717, 1.165) is 26.1 Å². The Morgan fingerprint density at radius 1 is 0.900 bits per heavy atom. The van der Waals surface area contributed by atoms with Crippen molar-refractivity contribution >= 4 is 0 Å². The van der Waals surface area contributed by atoms with Crippen LogP contribution in [-0.2, 0) is 9.47 Å². The van der Waals surface area contributed by atoms with Crippen LogP contribution in [0.5, 0.6) is 0 Å². The molecule has 0 aliphatic carbocycles. The molecule has 0 N–H and O–H groups in total. The van der Waals surface area contributed by atoms with Gasteiger partial charge in [0.25, 0.3) is 0 Å². The van der Waals surface area contributed by atoms with Gasteiger partial charge < -0.3 is 9.47 Å². The van der Waals surface area contributed by atoms with Gasteiger partial charge in [0.15, 0.2) is 0 Å². The van der Waals surface area contributed by atoms with Crippen LogP contribution in [0, 0.1) is 0 Å². The lowest BCUT2D eigenvalue weighted by Crippen LogP contribution is -2.41. The van der Waals surface area contributed by atoms with Crippen LogP contribution in [0.1, 0.15) is 26.7 Å². The number of ether oxygens (including phenoxy) is 2. The van der Waals surface area contributed by atoms with E-state index in [9.17, 15) is 0 Å². The average molecular weight is 142 g/mol. The molecule has 0 saturated carbocycles. The molecule has 58 valence electrons. The molecule has 2 aliphatic heterocycles. The molecular formula is C8H14O2. The molecule has 2 aliphatic rings. The summed E-state index contributed by atoms with van der Waals surface area (Å²) in [6.45, 7) is 6.06. The molecule has 0 aromatic carbocycles. The van der Waals surface area contributed by atoms with Crippen molar-refractivity contribution in [3.05, 3.63) is 0 Å². The van der Waals surface area contributed by atoms with Gasteiger partial charge in [0.05, 0.1) is 24.4 Å². The van der Waals surface area contributed by atoms with Crippen LogP contribution in [0.2, 0.25) is 0 Å². The van der Waals surface area contributed by atoms with Gasteiger partial charge in [-0.1, -0.05) is 0 Å². The molecule has 0 aromatic heterocycles. The standard InChI is InChI=1S/C8H14O2/c1-7-3-5-10-8(7,2)4-6-9-7/h3-6H2,1-2H3. The zero-order chi connectivity index (χ0) is 7.24. The molecule has 2 unspecified atom stereocenters. The zero-order valence-electron chi connectivity index (χ0n) is 6.64. The van der Waals surface area contributed by atoms with E-state index in [1.165, 1.54) is 0 Å². The molecule has 0 amide bonds. The van der Waals surface area contributed by atoms with Gasteiger partial charge in [0.2, 0.25) is 0 Å². The molecule has 2 saturated heterocycles. The Hall–Kier alpha value is -0.0800. The Balaban J connectivity index is 2.30. The Morgan fingerprint density at radius 3 is 1.70 bits per heavy atom. The summed E-state index contributed by atoms with van der Waals surface area (Å²) in [5.74, 6) is 0. The maximum Gasteiger partial charge on any atom is 0.0962 e. The van der Waals surface area contributed by atoms with E-state index in [0.29, 0.717) is 0 Å². The fraction of sp³-hybridized carbons (Fsp3) is 1.00. The smallest absolute Gasteiger partial charge is 0.0962 e. The maximum atomic E-state index is 5.64. The first-order valence-corrected chi connectivity index (χ1v) is 3.94. The summed E-state index contributed by atoms with van der Waals surface area (Å²) in [5, 5.41) is 0. The van der Waals surface area contributed by atoms with Gasteiger partial charge in [0.1, 0.15) is 0 Å². The SMILES string of the molecule is CC12CCOC1(C)CCO2. The van der Waals surface area contributed by atoms with Crippen LogP contribution in [0.25, 0.3) is 0 Å². The van der Waals surface area contributed by atoms with Crippen LogP contribution in [-0.4, -0.2) is 24.4 Å². The maximum absolute atomic E-state index is 5.64. The number of hydrogen-bond donors (Lipinski definition) is 0. The normalized spacial score (nSPS) is 53.4. The van der Waals surface area contributed by atoms with E-state index in [2.05, 4.69) is 13.8 Å². The molecule has 10 heavy (non-hydrogen) atoms. The lowest BCUT2D eigenvalue weighted by molar-refractivity contribution is -0.0641. The molecular weight excluding hydrogens is 128 g/mol. The summed E-state index contributed by atoms with van der Waals surface area (Å²) in [4.78, 5) is 0. The highest BCUT2D eigenvalue weighted by atomic mass is 16.6. The van der Waals surface area contributed by atoms with E-state index in [4.69, 9.17) is 9.47 Å². The molecule has 0 radical (unpaired) electrons. The highest BCUT2D eigenvalue weighted by Gasteiger charge is 2.54. The van der Waals surface area contributed by atoms with Crippen molar-refractivity contribution in [3.8, 4) is 0 Å². The van der Waals surface area contributed by atoms with Crippen molar-refractivity contribution in [1.29, 1.82) is 0 Å². The van der Waals surface area contributed by atoms with E-state index in [-0.39, 0.29) is 11.2 Å². The van der Waals surface area contributed by atoms with Crippen LogP contribution in [0.3, 0.4) is 0 Å². The van der Waals surface area contributed by atoms with E-state index < -0.39 is 0 Å². The second-order valence-corrected chi connectivity index (χ2v) is 3.66. The van der Waals surface area contributed by atoms with Crippen molar-refractivity contribution in [3.63, 3.8) is 0 Å². The molecule has 2 fully saturated rings. The van der Waals surface area contributed by atoms with Gasteiger partial charge in [-0.05, 0) is 13.8 Å². The summed E-state index contributed by atoms with van der Waals surface area (Å²) in [7, 11) is 0. The topological polar surface area (TPSA) is 18.5 Å². The zero-order valence-corrected chi connectivity index (χ0v) is 6.64. The number of fused-ring (bicyclic) bond motifs is 1. The average Bonchev–Trinajstić information content (AvgIpc) is 2.20. The minimum absolute atomic E-state index is 0.0208. The molecule has 2 heterocycles. The molecule has 0 bridgehead atoms. The van der Waals surface area contributed by atoms with Gasteiger partial charge in [-0.3, -0.25) is 0 Å². The first kappa shape index (κ1) is 6.62. The number of hydrogen-bond acceptors (Lipinski definition) is 2. The molecule has 2 heteroatoms. The van der Waals surface area contributed by atoms with Gasteiger partial charge >= 0.3 is 0 Å². The van der Waals surface area contributed by atoms with E-state index in [1.807, 2.05) is 0 Å². The Bertz CT molecular complexity index is 127. The third-order valence-corrected chi connectivity index (χ3v) is 3.12. The quantitative estimate of drug-likeness (QED) is 0.508. The summed E-state index contributed by atoms with van der Waals surface area (Å²) in [6.07, 6.45) is 2.12. The summed E-state index contributed by atoms with van der Waals surface area (Å²) < 4.78 is 11.3. The van der Waals surface area contributed by atoms with E-state index >= 15 is 0 Å². The van der Waals surface area contributed by atoms with Crippen molar-refractivity contribution in [1.82, 2.24) is 0 Å². The Labute approximate surface area is 61.5 Å². The van der Waals surface area contributed by atoms with Crippen molar-refractivity contribution in [2.75, 3.05) is 13.2 Å². The first-order chi connectivity index (χ1) is 4.66. The summed E-state index contributed by atoms with van der Waals surface area (Å²) in [6, 6.07) is 0. The Morgan fingerprint density at radius 2 is 1.30 bits per heavy atom. The monoisotopic (exact) mass is 142 g/mol. The molecule has 0 spiro atoms. The Kier molecular flexibility index (Phi) is 1.15. The van der Waals surface area contributed by atoms with E-state index in [1.54, 1.807) is 0 Å². The molecule has 2 atom stereocenters. The van der Waals surface area contributed by atoms with Crippen LogP contribution < -0.4 is 0 Å². The van der Waals surface area contributed by atoms with Crippen LogP contribution >= 0.6 is 0 Å². The fourth-order valence-corrected chi connectivity index (χ4v) is 1.92. The van der Waals surface area contributed by atoms with Gasteiger partial charge in [-0.2, -0.15) is 0 Å². The van der Waals surface area contributed by atoms with Crippen molar-refractivity contribution in [2.24, 2.45) is 0 Å². The van der Waals surface area contributed by atoms with Gasteiger partial charge in [0, 0.05) is 12.8 Å². The predicted molar refractivity (Wildman–Crippen MR) is 37.9 cm³/mol. The van der Waals surface area contributed by atoms with Crippen LogP contribution in [0.4, 0.5) is 0 Å². The summed E-state index contributed by atoms with van der Waals surface area (Å²) in [5.41, 5.74) is 0.0417. The van der Waals surface area contributed by atoms with Gasteiger partial charge in [-0.25, -0.2) is 0 Å². The van der Waals surface area contributed by atoms with Gasteiger partial charge in [-0.15, -0.1) is 0 Å². The minimum atomic E-state index is 0.0208. The minimum Gasteiger partial charge on any atom is -0.372 e. The second kappa shape index (κ2) is 1.74. The fourth-order valence-electron chi connectivity index (χ4n) is 1.92. The van der Waals surface area contributed by atoms with Crippen molar-refractivity contribution < 1.29 is 9.47 Å².